The highest BCUT2D eigenvalue weighted by atomic mass is 32.1. The number of rotatable bonds is 15. The Morgan fingerprint density at radius 1 is 1.14 bits per heavy atom. The molecule has 0 aliphatic carbocycles. The fourth-order valence-electron chi connectivity index (χ4n) is 4.87. The third-order valence-electron chi connectivity index (χ3n) is 7.85. The minimum absolute atomic E-state index is 0.0111. The largest absolute Gasteiger partial charge is 0.513 e. The molecule has 1 aromatic heterocycles. The number of carbonyl (C=O) groups excluding carboxylic acids is 3. The number of hydrogen-bond donors (Lipinski definition) is 2. The van der Waals surface area contributed by atoms with Crippen LogP contribution in [0.5, 0.6) is 0 Å². The highest BCUT2D eigenvalue weighted by Crippen LogP contribution is 2.31. The number of esters is 1. The number of carbonyl (C=O) groups is 3. The van der Waals surface area contributed by atoms with E-state index in [2.05, 4.69) is 16.9 Å². The van der Waals surface area contributed by atoms with Gasteiger partial charge < -0.3 is 20.1 Å². The molecule has 0 aliphatic heterocycles. The zero-order valence-corrected chi connectivity index (χ0v) is 27.3. The first-order valence-corrected chi connectivity index (χ1v) is 15.5. The van der Waals surface area contributed by atoms with Gasteiger partial charge in [-0.15, -0.1) is 11.3 Å². The van der Waals surface area contributed by atoms with Gasteiger partial charge in [0.05, 0.1) is 11.7 Å². The molecule has 8 nitrogen and oxygen atoms in total. The summed E-state index contributed by atoms with van der Waals surface area (Å²) in [6, 6.07) is 5.40. The van der Waals surface area contributed by atoms with Gasteiger partial charge in [0.25, 0.3) is 5.91 Å². The number of aromatic nitrogens is 1. The fraction of sp³-hybridized carbons (Fsp3) is 0.515. The summed E-state index contributed by atoms with van der Waals surface area (Å²) in [4.78, 5) is 44.9. The highest BCUT2D eigenvalue weighted by molar-refractivity contribution is 7.09. The summed E-state index contributed by atoms with van der Waals surface area (Å²) in [5.74, 6) is -1.78. The van der Waals surface area contributed by atoms with Crippen molar-refractivity contribution in [3.8, 4) is 0 Å². The van der Waals surface area contributed by atoms with E-state index in [9.17, 15) is 23.9 Å². The van der Waals surface area contributed by atoms with Crippen LogP contribution in [0, 0.1) is 23.6 Å². The van der Waals surface area contributed by atoms with Gasteiger partial charge >= 0.3 is 5.97 Å². The molecule has 0 spiro atoms. The summed E-state index contributed by atoms with van der Waals surface area (Å²) in [7, 11) is 1.77. The van der Waals surface area contributed by atoms with Gasteiger partial charge in [0.1, 0.15) is 16.5 Å². The van der Waals surface area contributed by atoms with Gasteiger partial charge in [0, 0.05) is 43.8 Å². The van der Waals surface area contributed by atoms with Crippen LogP contribution in [0.2, 0.25) is 0 Å². The van der Waals surface area contributed by atoms with Crippen LogP contribution in [0.25, 0.3) is 0 Å². The minimum Gasteiger partial charge on any atom is -0.513 e. The fourth-order valence-corrected chi connectivity index (χ4v) is 5.71. The number of thiazole rings is 1. The second-order valence-corrected chi connectivity index (χ2v) is 12.4. The van der Waals surface area contributed by atoms with E-state index in [1.54, 1.807) is 29.5 Å². The lowest BCUT2D eigenvalue weighted by Gasteiger charge is -2.35. The molecule has 0 fully saturated rings. The van der Waals surface area contributed by atoms with Crippen molar-refractivity contribution >= 4 is 29.1 Å². The van der Waals surface area contributed by atoms with Gasteiger partial charge in [0.2, 0.25) is 5.91 Å². The van der Waals surface area contributed by atoms with Crippen LogP contribution in [0.4, 0.5) is 4.39 Å². The van der Waals surface area contributed by atoms with Crippen molar-refractivity contribution in [1.82, 2.24) is 15.2 Å². The van der Waals surface area contributed by atoms with Gasteiger partial charge in [-0.25, -0.2) is 9.37 Å². The molecular formula is C33H46FN3O5S. The molecule has 0 bridgehead atoms. The number of halogens is 1. The number of aliphatic hydroxyl groups is 1. The number of aliphatic hydroxyl groups excluding tert-OH is 1. The monoisotopic (exact) mass is 615 g/mol. The average Bonchev–Trinajstić information content (AvgIpc) is 3.45. The number of nitrogens with one attached hydrogen (secondary N) is 1. The summed E-state index contributed by atoms with van der Waals surface area (Å²) in [5, 5.41) is 14.9. The zero-order chi connectivity index (χ0) is 32.4. The molecule has 2 aromatic rings. The summed E-state index contributed by atoms with van der Waals surface area (Å²) >= 11 is 1.21. The van der Waals surface area contributed by atoms with Crippen LogP contribution in [-0.4, -0.2) is 51.9 Å². The second kappa shape index (κ2) is 16.4. The van der Waals surface area contributed by atoms with Crippen molar-refractivity contribution < 1.29 is 28.6 Å². The van der Waals surface area contributed by atoms with E-state index in [0.29, 0.717) is 24.3 Å². The second-order valence-electron chi connectivity index (χ2n) is 11.5. The van der Waals surface area contributed by atoms with Crippen LogP contribution in [0.3, 0.4) is 0 Å². The number of hydrogen-bond acceptors (Lipinski definition) is 7. The Kier molecular flexibility index (Phi) is 13.6. The standard InChI is InChI=1S/C33H46FN3O5S/c1-10-20(4)22(6)33(41)37(9)29(19(2)3)17-30(42-24(8)39)32-36-28(18-43-32)31(40)35-27(15-21(5)23(7)38)16-25-11-13-26(34)14-12-25/h10-14,18-19,21-22,27,29-30,38H,7,15-17H2,1-6,8-9H3,(H,35,40)/b20-10+/t21-,22-,27?,29+,30?/m0/s1. The van der Waals surface area contributed by atoms with Gasteiger partial charge in [-0.3, -0.25) is 14.4 Å². The predicted octanol–water partition coefficient (Wildman–Crippen LogP) is 6.80. The summed E-state index contributed by atoms with van der Waals surface area (Å²) in [6.07, 6.45) is 2.32. The predicted molar refractivity (Wildman–Crippen MR) is 168 cm³/mol. The zero-order valence-electron chi connectivity index (χ0n) is 26.5. The van der Waals surface area contributed by atoms with Crippen molar-refractivity contribution in [1.29, 1.82) is 0 Å². The first kappa shape index (κ1) is 35.7. The maximum atomic E-state index is 13.4. The van der Waals surface area contributed by atoms with E-state index in [1.807, 2.05) is 47.6 Å². The normalized spacial score (nSPS) is 15.3. The van der Waals surface area contributed by atoms with Crippen LogP contribution >= 0.6 is 11.3 Å². The maximum Gasteiger partial charge on any atom is 0.303 e. The molecular weight excluding hydrogens is 569 g/mol. The van der Waals surface area contributed by atoms with E-state index in [4.69, 9.17) is 4.74 Å². The molecule has 0 aliphatic rings. The smallest absolute Gasteiger partial charge is 0.303 e. The van der Waals surface area contributed by atoms with Crippen LogP contribution in [0.1, 0.15) is 88.5 Å². The van der Waals surface area contributed by atoms with Gasteiger partial charge in [-0.1, -0.05) is 51.1 Å². The Hall–Kier alpha value is -3.53. The van der Waals surface area contributed by atoms with E-state index < -0.39 is 18.0 Å². The van der Waals surface area contributed by atoms with Crippen LogP contribution in [-0.2, 0) is 20.7 Å². The Labute approximate surface area is 259 Å². The molecule has 2 N–H and O–H groups in total. The van der Waals surface area contributed by atoms with Crippen LogP contribution in [0.15, 0.2) is 53.6 Å². The quantitative estimate of drug-likeness (QED) is 0.130. The number of nitrogens with zero attached hydrogens (tertiary/aromatic N) is 2. The Morgan fingerprint density at radius 3 is 2.30 bits per heavy atom. The van der Waals surface area contributed by atoms with Crippen molar-refractivity contribution in [3.05, 3.63) is 75.7 Å². The van der Waals surface area contributed by atoms with Crippen molar-refractivity contribution in [2.24, 2.45) is 17.8 Å². The third-order valence-corrected chi connectivity index (χ3v) is 8.79. The van der Waals surface area contributed by atoms with Gasteiger partial charge in [-0.05, 0) is 57.2 Å². The third kappa shape index (κ3) is 10.6. The summed E-state index contributed by atoms with van der Waals surface area (Å²) in [5.41, 5.74) is 1.97. The molecule has 2 unspecified atom stereocenters. The van der Waals surface area contributed by atoms with Crippen molar-refractivity contribution in [2.45, 2.75) is 85.9 Å². The van der Waals surface area contributed by atoms with Crippen molar-refractivity contribution in [2.75, 3.05) is 7.05 Å². The molecule has 0 saturated heterocycles. The Morgan fingerprint density at radius 2 is 1.77 bits per heavy atom. The molecule has 5 atom stereocenters. The SMILES string of the molecule is C=C(O)[C@@H](C)CC(Cc1ccc(F)cc1)NC(=O)c1csc(C(C[C@H](C(C)C)N(C)C(=O)[C@@H](C)/C(C)=C/C)OC(C)=O)n1. The molecule has 2 amide bonds. The minimum atomic E-state index is -0.752. The van der Waals surface area contributed by atoms with Crippen LogP contribution < -0.4 is 5.32 Å². The summed E-state index contributed by atoms with van der Waals surface area (Å²) < 4.78 is 19.1. The molecule has 1 aromatic carbocycles. The van der Waals surface area contributed by atoms with E-state index in [-0.39, 0.29) is 53.0 Å². The molecule has 2 rings (SSSR count). The average molecular weight is 616 g/mol. The van der Waals surface area contributed by atoms with Gasteiger partial charge in [0.15, 0.2) is 6.10 Å². The first-order chi connectivity index (χ1) is 20.1. The number of ether oxygens (including phenoxy) is 1. The Bertz CT molecular complexity index is 1290. The van der Waals surface area contributed by atoms with Gasteiger partial charge in [-0.2, -0.15) is 0 Å². The molecule has 43 heavy (non-hydrogen) atoms. The topological polar surface area (TPSA) is 109 Å². The Balaban J connectivity index is 2.28. The van der Waals surface area contributed by atoms with E-state index in [1.165, 1.54) is 30.4 Å². The summed E-state index contributed by atoms with van der Waals surface area (Å²) in [6.45, 7) is 16.5. The highest BCUT2D eigenvalue weighted by Gasteiger charge is 2.32. The van der Waals surface area contributed by atoms with Crippen molar-refractivity contribution in [3.63, 3.8) is 0 Å². The molecule has 0 radical (unpaired) electrons. The number of benzene rings is 1. The lowest BCUT2D eigenvalue weighted by Crippen LogP contribution is -2.44. The van der Waals surface area contributed by atoms with E-state index in [0.717, 1.165) is 11.1 Å². The van der Waals surface area contributed by atoms with E-state index >= 15 is 0 Å². The molecule has 236 valence electrons. The maximum absolute atomic E-state index is 13.4. The number of allylic oxidation sites excluding steroid dienone is 2. The number of amides is 2. The lowest BCUT2D eigenvalue weighted by atomic mass is 9.93. The molecule has 0 saturated carbocycles. The molecule has 10 heteroatoms. The first-order valence-electron chi connectivity index (χ1n) is 14.6. The molecule has 1 heterocycles. The lowest BCUT2D eigenvalue weighted by molar-refractivity contribution is -0.148.